The summed E-state index contributed by atoms with van der Waals surface area (Å²) in [5.41, 5.74) is 2.43. The number of rotatable bonds is 3. The number of carbonyl (C=O) groups is 1. The van der Waals surface area contributed by atoms with E-state index < -0.39 is 0 Å². The van der Waals surface area contributed by atoms with Gasteiger partial charge in [-0.05, 0) is 43.7 Å². The summed E-state index contributed by atoms with van der Waals surface area (Å²) >= 11 is 3.32. The van der Waals surface area contributed by atoms with E-state index in [9.17, 15) is 9.18 Å². The molecule has 0 saturated carbocycles. The fraction of sp³-hybridized carbons (Fsp3) is 0.214. The number of carbonyl (C=O) groups excluding carboxylic acids is 1. The Labute approximate surface area is 119 Å². The Balaban J connectivity index is 2.30. The van der Waals surface area contributed by atoms with Gasteiger partial charge >= 0.3 is 0 Å². The van der Waals surface area contributed by atoms with Crippen LogP contribution >= 0.6 is 15.9 Å². The third-order valence-corrected chi connectivity index (χ3v) is 3.53. The van der Waals surface area contributed by atoms with E-state index in [2.05, 4.69) is 26.1 Å². The molecule has 0 aliphatic rings. The second-order valence-corrected chi connectivity index (χ2v) is 5.17. The van der Waals surface area contributed by atoms with Crippen molar-refractivity contribution in [3.8, 4) is 0 Å². The van der Waals surface area contributed by atoms with Crippen LogP contribution in [0.3, 0.4) is 0 Å². The Kier molecular flexibility index (Phi) is 4.04. The van der Waals surface area contributed by atoms with Crippen molar-refractivity contribution in [2.24, 2.45) is 0 Å². The van der Waals surface area contributed by atoms with Crippen LogP contribution in [0.1, 0.15) is 27.3 Å². The third kappa shape index (κ3) is 3.23. The normalized spacial score (nSPS) is 10.5. The summed E-state index contributed by atoms with van der Waals surface area (Å²) in [5, 5.41) is 7.81. The van der Waals surface area contributed by atoms with Gasteiger partial charge in [0, 0.05) is 16.5 Å². The minimum atomic E-state index is -0.355. The van der Waals surface area contributed by atoms with Gasteiger partial charge in [-0.3, -0.25) is 4.79 Å². The number of hydrogen-bond acceptors (Lipinski definition) is 3. The topological polar surface area (TPSA) is 42.9 Å². The van der Waals surface area contributed by atoms with Crippen molar-refractivity contribution in [3.05, 3.63) is 57.1 Å². The standard InChI is InChI=1S/C14H12BrFN2O/c1-8-5-12(9(2)18-17-8)14(19)7-10-6-11(16)3-4-13(10)15/h3-6H,7H2,1-2H3. The molecule has 19 heavy (non-hydrogen) atoms. The molecular formula is C14H12BrFN2O. The number of benzene rings is 1. The predicted molar refractivity (Wildman–Crippen MR) is 73.6 cm³/mol. The van der Waals surface area contributed by atoms with Gasteiger partial charge in [0.1, 0.15) is 5.82 Å². The number of aryl methyl sites for hydroxylation is 2. The highest BCUT2D eigenvalue weighted by Gasteiger charge is 2.14. The summed E-state index contributed by atoms with van der Waals surface area (Å²) in [6.07, 6.45) is 0.129. The second kappa shape index (κ2) is 5.57. The zero-order valence-corrected chi connectivity index (χ0v) is 12.2. The molecule has 0 aliphatic carbocycles. The van der Waals surface area contributed by atoms with Crippen LogP contribution in [0.15, 0.2) is 28.7 Å². The van der Waals surface area contributed by atoms with Crippen LogP contribution in [0.4, 0.5) is 4.39 Å². The Bertz CT molecular complexity index is 643. The van der Waals surface area contributed by atoms with Crippen LogP contribution in [0.2, 0.25) is 0 Å². The lowest BCUT2D eigenvalue weighted by atomic mass is 10.0. The summed E-state index contributed by atoms with van der Waals surface area (Å²) in [6, 6.07) is 6.01. The first kappa shape index (κ1) is 13.8. The van der Waals surface area contributed by atoms with Crippen molar-refractivity contribution in [2.45, 2.75) is 20.3 Å². The maximum absolute atomic E-state index is 13.2. The quantitative estimate of drug-likeness (QED) is 0.813. The zero-order chi connectivity index (χ0) is 14.0. The molecule has 0 unspecified atom stereocenters. The average Bonchev–Trinajstić information content (AvgIpc) is 2.36. The van der Waals surface area contributed by atoms with Gasteiger partial charge in [-0.15, -0.1) is 0 Å². The first-order chi connectivity index (χ1) is 8.97. The van der Waals surface area contributed by atoms with Gasteiger partial charge in [0.15, 0.2) is 5.78 Å². The monoisotopic (exact) mass is 322 g/mol. The number of halogens is 2. The fourth-order valence-electron chi connectivity index (χ4n) is 1.78. The number of ketones is 1. The molecule has 0 atom stereocenters. The van der Waals surface area contributed by atoms with E-state index in [0.717, 1.165) is 4.47 Å². The lowest BCUT2D eigenvalue weighted by Gasteiger charge is -2.06. The smallest absolute Gasteiger partial charge is 0.169 e. The molecule has 0 aliphatic heterocycles. The van der Waals surface area contributed by atoms with Crippen LogP contribution in [0, 0.1) is 19.7 Å². The second-order valence-electron chi connectivity index (χ2n) is 4.32. The first-order valence-corrected chi connectivity index (χ1v) is 6.54. The van der Waals surface area contributed by atoms with Crippen LogP contribution in [-0.4, -0.2) is 16.0 Å². The summed E-state index contributed by atoms with van der Waals surface area (Å²) in [6.45, 7) is 3.52. The Hall–Kier alpha value is -1.62. The summed E-state index contributed by atoms with van der Waals surface area (Å²) in [7, 11) is 0. The minimum absolute atomic E-state index is 0.0956. The molecule has 3 nitrogen and oxygen atoms in total. The van der Waals surface area contributed by atoms with Crippen LogP contribution in [-0.2, 0) is 6.42 Å². The van der Waals surface area contributed by atoms with Crippen molar-refractivity contribution in [2.75, 3.05) is 0 Å². The zero-order valence-electron chi connectivity index (χ0n) is 10.6. The van der Waals surface area contributed by atoms with E-state index in [1.807, 2.05) is 0 Å². The van der Waals surface area contributed by atoms with Gasteiger partial charge in [-0.25, -0.2) is 4.39 Å². The van der Waals surface area contributed by atoms with E-state index >= 15 is 0 Å². The fourth-order valence-corrected chi connectivity index (χ4v) is 2.17. The lowest BCUT2D eigenvalue weighted by molar-refractivity contribution is 0.0991. The molecule has 98 valence electrons. The van der Waals surface area contributed by atoms with E-state index in [4.69, 9.17) is 0 Å². The molecule has 1 heterocycles. The molecule has 0 amide bonds. The maximum Gasteiger partial charge on any atom is 0.169 e. The predicted octanol–water partition coefficient (Wildman–Crippen LogP) is 3.42. The Morgan fingerprint density at radius 2 is 2.00 bits per heavy atom. The van der Waals surface area contributed by atoms with Crippen molar-refractivity contribution in [1.82, 2.24) is 10.2 Å². The minimum Gasteiger partial charge on any atom is -0.294 e. The maximum atomic E-state index is 13.2. The lowest BCUT2D eigenvalue weighted by Crippen LogP contribution is -2.09. The molecule has 1 aromatic heterocycles. The average molecular weight is 323 g/mol. The van der Waals surface area contributed by atoms with Crippen LogP contribution < -0.4 is 0 Å². The van der Waals surface area contributed by atoms with Gasteiger partial charge in [-0.1, -0.05) is 15.9 Å². The molecule has 1 aromatic carbocycles. The van der Waals surface area contributed by atoms with E-state index in [1.54, 1.807) is 26.0 Å². The largest absolute Gasteiger partial charge is 0.294 e. The van der Waals surface area contributed by atoms with Crippen LogP contribution in [0.25, 0.3) is 0 Å². The van der Waals surface area contributed by atoms with Gasteiger partial charge in [0.05, 0.1) is 11.4 Å². The molecule has 5 heteroatoms. The molecule has 0 saturated heterocycles. The first-order valence-electron chi connectivity index (χ1n) is 5.75. The van der Waals surface area contributed by atoms with E-state index in [1.165, 1.54) is 12.1 Å². The Morgan fingerprint density at radius 1 is 1.26 bits per heavy atom. The van der Waals surface area contributed by atoms with E-state index in [-0.39, 0.29) is 18.0 Å². The molecule has 0 bridgehead atoms. The van der Waals surface area contributed by atoms with E-state index in [0.29, 0.717) is 22.5 Å². The third-order valence-electron chi connectivity index (χ3n) is 2.76. The van der Waals surface area contributed by atoms with Gasteiger partial charge in [0.2, 0.25) is 0 Å². The van der Waals surface area contributed by atoms with Crippen molar-refractivity contribution in [3.63, 3.8) is 0 Å². The number of aromatic nitrogens is 2. The SMILES string of the molecule is Cc1cc(C(=O)Cc2cc(F)ccc2Br)c(C)nn1. The Morgan fingerprint density at radius 3 is 2.74 bits per heavy atom. The molecule has 0 fully saturated rings. The summed E-state index contributed by atoms with van der Waals surface area (Å²) in [5.74, 6) is -0.450. The van der Waals surface area contributed by atoms with Crippen molar-refractivity contribution >= 4 is 21.7 Å². The summed E-state index contributed by atoms with van der Waals surface area (Å²) < 4.78 is 13.9. The van der Waals surface area contributed by atoms with Crippen molar-refractivity contribution in [1.29, 1.82) is 0 Å². The van der Waals surface area contributed by atoms with Gasteiger partial charge < -0.3 is 0 Å². The molecular weight excluding hydrogens is 311 g/mol. The highest BCUT2D eigenvalue weighted by molar-refractivity contribution is 9.10. The van der Waals surface area contributed by atoms with Crippen LogP contribution in [0.5, 0.6) is 0 Å². The summed E-state index contributed by atoms with van der Waals surface area (Å²) in [4.78, 5) is 12.2. The van der Waals surface area contributed by atoms with Gasteiger partial charge in [-0.2, -0.15) is 10.2 Å². The highest BCUT2D eigenvalue weighted by atomic mass is 79.9. The molecule has 2 rings (SSSR count). The molecule has 0 radical (unpaired) electrons. The molecule has 0 spiro atoms. The van der Waals surface area contributed by atoms with Crippen molar-refractivity contribution < 1.29 is 9.18 Å². The molecule has 2 aromatic rings. The number of nitrogens with zero attached hydrogens (tertiary/aromatic N) is 2. The molecule has 0 N–H and O–H groups in total. The van der Waals surface area contributed by atoms with Gasteiger partial charge in [0.25, 0.3) is 0 Å². The highest BCUT2D eigenvalue weighted by Crippen LogP contribution is 2.20. The number of hydrogen-bond donors (Lipinski definition) is 0. The number of Topliss-reactive ketones (excluding diaryl/α,β-unsaturated/α-hetero) is 1.